The average Bonchev–Trinajstić information content (AvgIpc) is 3.22. The molecule has 0 saturated heterocycles. The summed E-state index contributed by atoms with van der Waals surface area (Å²) in [7, 11) is 0. The summed E-state index contributed by atoms with van der Waals surface area (Å²) in [5.74, 6) is -2.99. The maximum atomic E-state index is 12.5. The Hall–Kier alpha value is -2.22. The van der Waals surface area contributed by atoms with Crippen LogP contribution in [-0.2, 0) is 25.5 Å². The van der Waals surface area contributed by atoms with Crippen LogP contribution in [-0.4, -0.2) is 34.5 Å². The highest BCUT2D eigenvalue weighted by atomic mass is 32.1. The van der Waals surface area contributed by atoms with Crippen LogP contribution in [0.25, 0.3) is 0 Å². The van der Waals surface area contributed by atoms with Crippen molar-refractivity contribution >= 4 is 34.3 Å². The third-order valence-corrected chi connectivity index (χ3v) is 5.27. The van der Waals surface area contributed by atoms with Crippen molar-refractivity contribution in [3.8, 4) is 0 Å². The first-order chi connectivity index (χ1) is 11.5. The molecule has 1 heterocycles. The number of anilines is 1. The Morgan fingerprint density at radius 2 is 2.04 bits per heavy atom. The molecule has 0 radical (unpaired) electrons. The SMILES string of the molecule is CCOC(=O)Cc1csc(NC(=O)[C@H]2[C@@H](C(=O)O)[C@H]3C=C[C@@H]2C3)n1. The van der Waals surface area contributed by atoms with Gasteiger partial charge < -0.3 is 15.2 Å². The first-order valence-electron chi connectivity index (χ1n) is 7.81. The van der Waals surface area contributed by atoms with Crippen LogP contribution in [0.15, 0.2) is 17.5 Å². The molecule has 4 atom stereocenters. The summed E-state index contributed by atoms with van der Waals surface area (Å²) in [6.07, 6.45) is 4.59. The molecule has 1 saturated carbocycles. The summed E-state index contributed by atoms with van der Waals surface area (Å²) >= 11 is 1.21. The number of carboxylic acids is 1. The van der Waals surface area contributed by atoms with Gasteiger partial charge in [0.2, 0.25) is 5.91 Å². The van der Waals surface area contributed by atoms with Gasteiger partial charge in [-0.05, 0) is 25.2 Å². The number of hydrogen-bond donors (Lipinski definition) is 2. The number of fused-ring (bicyclic) bond motifs is 2. The Morgan fingerprint density at radius 1 is 1.33 bits per heavy atom. The number of amides is 1. The summed E-state index contributed by atoms with van der Waals surface area (Å²) in [5, 5.41) is 14.1. The molecular formula is C16H18N2O5S. The minimum atomic E-state index is -0.936. The molecule has 1 fully saturated rings. The molecule has 24 heavy (non-hydrogen) atoms. The van der Waals surface area contributed by atoms with Crippen molar-refractivity contribution in [1.82, 2.24) is 4.98 Å². The number of nitrogens with one attached hydrogen (secondary N) is 1. The van der Waals surface area contributed by atoms with E-state index in [1.165, 1.54) is 11.3 Å². The minimum absolute atomic E-state index is 0.0323. The number of allylic oxidation sites excluding steroid dienone is 2. The van der Waals surface area contributed by atoms with E-state index in [4.69, 9.17) is 4.74 Å². The number of carbonyl (C=O) groups excluding carboxylic acids is 2. The number of carbonyl (C=O) groups is 3. The molecule has 2 bridgehead atoms. The molecule has 0 aliphatic heterocycles. The number of aliphatic carboxylic acids is 1. The maximum Gasteiger partial charge on any atom is 0.311 e. The lowest BCUT2D eigenvalue weighted by atomic mass is 9.82. The Morgan fingerprint density at radius 3 is 2.71 bits per heavy atom. The first kappa shape index (κ1) is 16.6. The van der Waals surface area contributed by atoms with Crippen molar-refractivity contribution < 1.29 is 24.2 Å². The van der Waals surface area contributed by atoms with E-state index >= 15 is 0 Å². The second-order valence-electron chi connectivity index (χ2n) is 5.95. The molecule has 7 nitrogen and oxygen atoms in total. The van der Waals surface area contributed by atoms with Gasteiger partial charge in [-0.2, -0.15) is 0 Å². The van der Waals surface area contributed by atoms with Crippen molar-refractivity contribution in [2.75, 3.05) is 11.9 Å². The number of hydrogen-bond acceptors (Lipinski definition) is 6. The molecule has 2 N–H and O–H groups in total. The number of esters is 1. The molecule has 3 rings (SSSR count). The third-order valence-electron chi connectivity index (χ3n) is 4.46. The smallest absolute Gasteiger partial charge is 0.311 e. The van der Waals surface area contributed by atoms with Crippen molar-refractivity contribution in [1.29, 1.82) is 0 Å². The highest BCUT2D eigenvalue weighted by Gasteiger charge is 2.51. The molecule has 1 aromatic rings. The quantitative estimate of drug-likeness (QED) is 0.598. The van der Waals surface area contributed by atoms with Gasteiger partial charge in [0.1, 0.15) is 0 Å². The molecular weight excluding hydrogens is 332 g/mol. The Balaban J connectivity index is 1.65. The van der Waals surface area contributed by atoms with E-state index in [0.29, 0.717) is 23.9 Å². The second-order valence-corrected chi connectivity index (χ2v) is 6.81. The van der Waals surface area contributed by atoms with Gasteiger partial charge in [0, 0.05) is 5.38 Å². The lowest BCUT2D eigenvalue weighted by Crippen LogP contribution is -2.36. The predicted molar refractivity (Wildman–Crippen MR) is 86.4 cm³/mol. The zero-order valence-electron chi connectivity index (χ0n) is 13.1. The van der Waals surface area contributed by atoms with Crippen LogP contribution in [0.1, 0.15) is 19.0 Å². The second kappa shape index (κ2) is 6.72. The molecule has 1 amide bonds. The number of nitrogens with zero attached hydrogens (tertiary/aromatic N) is 1. The molecule has 2 aliphatic rings. The van der Waals surface area contributed by atoms with Crippen molar-refractivity contribution in [2.45, 2.75) is 19.8 Å². The molecule has 8 heteroatoms. The Labute approximate surface area is 142 Å². The zero-order chi connectivity index (χ0) is 17.3. The van der Waals surface area contributed by atoms with Crippen molar-refractivity contribution in [3.63, 3.8) is 0 Å². The minimum Gasteiger partial charge on any atom is -0.481 e. The molecule has 0 unspecified atom stereocenters. The van der Waals surface area contributed by atoms with E-state index < -0.39 is 17.8 Å². The number of ether oxygens (including phenoxy) is 1. The van der Waals surface area contributed by atoms with Crippen LogP contribution < -0.4 is 5.32 Å². The largest absolute Gasteiger partial charge is 0.481 e. The number of aromatic nitrogens is 1. The van der Waals surface area contributed by atoms with Gasteiger partial charge in [0.25, 0.3) is 0 Å². The van der Waals surface area contributed by atoms with Crippen LogP contribution in [0.2, 0.25) is 0 Å². The third kappa shape index (κ3) is 3.19. The molecule has 2 aliphatic carbocycles. The monoisotopic (exact) mass is 350 g/mol. The van der Waals surface area contributed by atoms with E-state index in [2.05, 4.69) is 10.3 Å². The van der Waals surface area contributed by atoms with Crippen LogP contribution in [0.5, 0.6) is 0 Å². The fourth-order valence-corrected chi connectivity index (χ4v) is 4.22. The van der Waals surface area contributed by atoms with E-state index in [-0.39, 0.29) is 30.1 Å². The number of carboxylic acid groups (broad SMARTS) is 1. The van der Waals surface area contributed by atoms with Crippen molar-refractivity contribution in [3.05, 3.63) is 23.2 Å². The lowest BCUT2D eigenvalue weighted by Gasteiger charge is -2.23. The van der Waals surface area contributed by atoms with E-state index in [9.17, 15) is 19.5 Å². The van der Waals surface area contributed by atoms with Crippen LogP contribution in [0.4, 0.5) is 5.13 Å². The summed E-state index contributed by atoms with van der Waals surface area (Å²) in [5.41, 5.74) is 0.524. The fourth-order valence-electron chi connectivity index (χ4n) is 3.51. The lowest BCUT2D eigenvalue weighted by molar-refractivity contribution is -0.146. The van der Waals surface area contributed by atoms with Gasteiger partial charge in [-0.1, -0.05) is 12.2 Å². The van der Waals surface area contributed by atoms with Crippen LogP contribution >= 0.6 is 11.3 Å². The topological polar surface area (TPSA) is 106 Å². The summed E-state index contributed by atoms with van der Waals surface area (Å²) < 4.78 is 4.86. The molecule has 0 spiro atoms. The van der Waals surface area contributed by atoms with Crippen molar-refractivity contribution in [2.24, 2.45) is 23.7 Å². The van der Waals surface area contributed by atoms with Gasteiger partial charge in [-0.3, -0.25) is 14.4 Å². The normalized spacial score (nSPS) is 27.2. The highest BCUT2D eigenvalue weighted by molar-refractivity contribution is 7.13. The van der Waals surface area contributed by atoms with E-state index in [0.717, 1.165) is 0 Å². The first-order valence-corrected chi connectivity index (χ1v) is 8.69. The van der Waals surface area contributed by atoms with Gasteiger partial charge in [-0.15, -0.1) is 11.3 Å². The fraction of sp³-hybridized carbons (Fsp3) is 0.500. The molecule has 128 valence electrons. The zero-order valence-corrected chi connectivity index (χ0v) is 13.9. The standard InChI is InChI=1S/C16H18N2O5S/c1-2-23-11(19)6-10-7-24-16(17-10)18-14(20)12-8-3-4-9(5-8)13(12)15(21)22/h3-4,7-9,12-13H,2,5-6H2,1H3,(H,21,22)(H,17,18,20)/t8-,9+,12-,13+/m1/s1. The van der Waals surface area contributed by atoms with Crippen LogP contribution in [0, 0.1) is 23.7 Å². The summed E-state index contributed by atoms with van der Waals surface area (Å²) in [4.78, 5) is 39.6. The summed E-state index contributed by atoms with van der Waals surface area (Å²) in [6.45, 7) is 2.04. The van der Waals surface area contributed by atoms with Gasteiger partial charge in [-0.25, -0.2) is 4.98 Å². The van der Waals surface area contributed by atoms with E-state index in [1.807, 2.05) is 12.2 Å². The van der Waals surface area contributed by atoms with Gasteiger partial charge in [0.05, 0.1) is 30.6 Å². The molecule has 0 aromatic carbocycles. The Kier molecular flexibility index (Phi) is 4.66. The predicted octanol–water partition coefficient (Wildman–Crippen LogP) is 1.71. The number of rotatable bonds is 6. The van der Waals surface area contributed by atoms with Gasteiger partial charge >= 0.3 is 11.9 Å². The molecule has 1 aromatic heterocycles. The summed E-state index contributed by atoms with van der Waals surface area (Å²) in [6, 6.07) is 0. The van der Waals surface area contributed by atoms with Gasteiger partial charge in [0.15, 0.2) is 5.13 Å². The van der Waals surface area contributed by atoms with E-state index in [1.54, 1.807) is 12.3 Å². The Bertz CT molecular complexity index is 698. The maximum absolute atomic E-state index is 12.5. The highest BCUT2D eigenvalue weighted by Crippen LogP contribution is 2.48. The number of thiazole rings is 1. The average molecular weight is 350 g/mol. The van der Waals surface area contributed by atoms with Crippen LogP contribution in [0.3, 0.4) is 0 Å².